The van der Waals surface area contributed by atoms with E-state index in [1.165, 1.54) is 49.6 Å². The Morgan fingerprint density at radius 1 is 0.667 bits per heavy atom. The molecule has 3 aromatic carbocycles. The second-order valence-corrected chi connectivity index (χ2v) is 10.1. The van der Waals surface area contributed by atoms with Gasteiger partial charge in [0, 0.05) is 0 Å². The fourth-order valence-electron chi connectivity index (χ4n) is 2.70. The molecule has 0 aliphatic carbocycles. The van der Waals surface area contributed by atoms with Gasteiger partial charge in [-0.1, -0.05) is 35.4 Å². The molecule has 0 radical (unpaired) electrons. The zero-order chi connectivity index (χ0) is 21.9. The summed E-state index contributed by atoms with van der Waals surface area (Å²) < 4.78 is 60.9. The summed E-state index contributed by atoms with van der Waals surface area (Å²) in [6, 6.07) is 17.1. The number of benzene rings is 3. The van der Waals surface area contributed by atoms with Gasteiger partial charge in [0.1, 0.15) is 5.75 Å². The van der Waals surface area contributed by atoms with Crippen molar-refractivity contribution in [2.75, 3.05) is 16.6 Å². The van der Waals surface area contributed by atoms with Crippen molar-refractivity contribution in [2.24, 2.45) is 0 Å². The summed E-state index contributed by atoms with van der Waals surface area (Å²) in [6.07, 6.45) is 0. The fourth-order valence-corrected chi connectivity index (χ4v) is 4.81. The largest absolute Gasteiger partial charge is 0.495 e. The molecule has 0 unspecified atom stereocenters. The quantitative estimate of drug-likeness (QED) is 0.573. The van der Waals surface area contributed by atoms with E-state index >= 15 is 0 Å². The maximum Gasteiger partial charge on any atom is 0.262 e. The second kappa shape index (κ2) is 8.37. The summed E-state index contributed by atoms with van der Waals surface area (Å²) in [5, 5.41) is 0. The Balaban J connectivity index is 1.92. The van der Waals surface area contributed by atoms with Crippen molar-refractivity contribution in [1.29, 1.82) is 0 Å². The van der Waals surface area contributed by atoms with E-state index < -0.39 is 20.0 Å². The lowest BCUT2D eigenvalue weighted by Crippen LogP contribution is -2.15. The Kier molecular flexibility index (Phi) is 6.04. The SMILES string of the molecule is COc1ccc(NS(=O)(=O)c2ccc(C)cc2)cc1NS(=O)(=O)c1ccc(C)cc1. The van der Waals surface area contributed by atoms with E-state index in [9.17, 15) is 16.8 Å². The van der Waals surface area contributed by atoms with Crippen LogP contribution in [0.15, 0.2) is 76.5 Å². The zero-order valence-electron chi connectivity index (χ0n) is 16.7. The van der Waals surface area contributed by atoms with E-state index in [1.807, 2.05) is 13.8 Å². The van der Waals surface area contributed by atoms with Crippen LogP contribution in [0.5, 0.6) is 5.75 Å². The van der Waals surface area contributed by atoms with Crippen molar-refractivity contribution in [1.82, 2.24) is 0 Å². The Morgan fingerprint density at radius 2 is 1.13 bits per heavy atom. The molecule has 0 spiro atoms. The van der Waals surface area contributed by atoms with Crippen LogP contribution in [-0.2, 0) is 20.0 Å². The fraction of sp³-hybridized carbons (Fsp3) is 0.143. The third kappa shape index (κ3) is 4.92. The molecule has 158 valence electrons. The van der Waals surface area contributed by atoms with E-state index in [2.05, 4.69) is 9.44 Å². The Hall–Kier alpha value is -3.04. The molecular weight excluding hydrogens is 424 g/mol. The van der Waals surface area contributed by atoms with E-state index in [0.29, 0.717) is 0 Å². The van der Waals surface area contributed by atoms with Gasteiger partial charge in [-0.05, 0) is 56.3 Å². The van der Waals surface area contributed by atoms with Gasteiger partial charge < -0.3 is 4.74 Å². The Labute approximate surface area is 176 Å². The maximum atomic E-state index is 12.7. The molecule has 2 N–H and O–H groups in total. The molecule has 9 heteroatoms. The molecule has 0 saturated carbocycles. The number of anilines is 2. The first-order valence-corrected chi connectivity index (χ1v) is 11.9. The molecule has 0 heterocycles. The van der Waals surface area contributed by atoms with Crippen molar-refractivity contribution >= 4 is 31.4 Å². The van der Waals surface area contributed by atoms with Gasteiger partial charge in [-0.2, -0.15) is 0 Å². The minimum absolute atomic E-state index is 0.0841. The summed E-state index contributed by atoms with van der Waals surface area (Å²) in [5.74, 6) is 0.254. The number of hydrogen-bond acceptors (Lipinski definition) is 5. The van der Waals surface area contributed by atoms with Gasteiger partial charge in [0.25, 0.3) is 20.0 Å². The van der Waals surface area contributed by atoms with Crippen molar-refractivity contribution in [2.45, 2.75) is 23.6 Å². The molecule has 0 atom stereocenters. The number of aryl methyl sites for hydroxylation is 2. The van der Waals surface area contributed by atoms with Gasteiger partial charge in [0.05, 0.1) is 28.3 Å². The highest BCUT2D eigenvalue weighted by atomic mass is 32.2. The van der Waals surface area contributed by atoms with E-state index in [4.69, 9.17) is 4.74 Å². The molecular formula is C21H22N2O5S2. The zero-order valence-corrected chi connectivity index (χ0v) is 18.3. The maximum absolute atomic E-state index is 12.7. The van der Waals surface area contributed by atoms with Gasteiger partial charge >= 0.3 is 0 Å². The van der Waals surface area contributed by atoms with Crippen LogP contribution in [-0.4, -0.2) is 23.9 Å². The van der Waals surface area contributed by atoms with Crippen molar-refractivity contribution in [3.63, 3.8) is 0 Å². The van der Waals surface area contributed by atoms with Gasteiger partial charge in [-0.15, -0.1) is 0 Å². The standard InChI is InChI=1S/C21H22N2O5S2/c1-15-4-9-18(10-5-15)29(24,25)22-17-8-13-21(28-3)20(14-17)23-30(26,27)19-11-6-16(2)7-12-19/h4-14,22-23H,1-3H3. The molecule has 3 rings (SSSR count). The van der Waals surface area contributed by atoms with Crippen LogP contribution in [0.2, 0.25) is 0 Å². The summed E-state index contributed by atoms with van der Waals surface area (Å²) >= 11 is 0. The lowest BCUT2D eigenvalue weighted by Gasteiger charge is -2.15. The first kappa shape index (κ1) is 21.7. The lowest BCUT2D eigenvalue weighted by molar-refractivity contribution is 0.417. The average Bonchev–Trinajstić information content (AvgIpc) is 2.68. The normalized spacial score (nSPS) is 11.7. The molecule has 30 heavy (non-hydrogen) atoms. The topological polar surface area (TPSA) is 102 Å². The minimum atomic E-state index is -3.89. The van der Waals surface area contributed by atoms with Crippen molar-refractivity contribution in [3.8, 4) is 5.75 Å². The lowest BCUT2D eigenvalue weighted by atomic mass is 10.2. The second-order valence-electron chi connectivity index (χ2n) is 6.75. The van der Waals surface area contributed by atoms with Crippen LogP contribution in [0.1, 0.15) is 11.1 Å². The number of hydrogen-bond donors (Lipinski definition) is 2. The van der Waals surface area contributed by atoms with Gasteiger partial charge in [0.2, 0.25) is 0 Å². The number of rotatable bonds is 7. The number of ether oxygens (including phenoxy) is 1. The van der Waals surface area contributed by atoms with Crippen molar-refractivity contribution in [3.05, 3.63) is 77.9 Å². The van der Waals surface area contributed by atoms with E-state index in [-0.39, 0.29) is 26.9 Å². The predicted molar refractivity (Wildman–Crippen MR) is 117 cm³/mol. The molecule has 0 aromatic heterocycles. The highest BCUT2D eigenvalue weighted by Crippen LogP contribution is 2.31. The molecule has 3 aromatic rings. The summed E-state index contributed by atoms with van der Waals surface area (Å²) in [6.45, 7) is 3.72. The first-order valence-electron chi connectivity index (χ1n) is 8.98. The van der Waals surface area contributed by atoms with Gasteiger partial charge in [0.15, 0.2) is 0 Å². The average molecular weight is 447 g/mol. The summed E-state index contributed by atoms with van der Waals surface area (Å²) in [5.41, 5.74) is 2.17. The van der Waals surface area contributed by atoms with Crippen LogP contribution >= 0.6 is 0 Å². The smallest absolute Gasteiger partial charge is 0.262 e. The molecule has 0 amide bonds. The van der Waals surface area contributed by atoms with Crippen LogP contribution in [0.3, 0.4) is 0 Å². The van der Waals surface area contributed by atoms with Crippen LogP contribution < -0.4 is 14.2 Å². The van der Waals surface area contributed by atoms with E-state index in [0.717, 1.165) is 11.1 Å². The Bertz CT molecular complexity index is 1250. The molecule has 0 aliphatic rings. The highest BCUT2D eigenvalue weighted by Gasteiger charge is 2.19. The van der Waals surface area contributed by atoms with Gasteiger partial charge in [-0.3, -0.25) is 9.44 Å². The molecule has 0 fully saturated rings. The monoisotopic (exact) mass is 446 g/mol. The molecule has 0 saturated heterocycles. The first-order chi connectivity index (χ1) is 14.1. The third-order valence-corrected chi connectivity index (χ3v) is 7.14. The Morgan fingerprint density at radius 3 is 1.60 bits per heavy atom. The number of sulfonamides is 2. The number of methoxy groups -OCH3 is 1. The van der Waals surface area contributed by atoms with Gasteiger partial charge in [-0.25, -0.2) is 16.8 Å². The summed E-state index contributed by atoms with van der Waals surface area (Å²) in [4.78, 5) is 0.187. The van der Waals surface area contributed by atoms with Crippen LogP contribution in [0.25, 0.3) is 0 Å². The predicted octanol–water partition coefficient (Wildman–Crippen LogP) is 3.91. The van der Waals surface area contributed by atoms with Crippen molar-refractivity contribution < 1.29 is 21.6 Å². The molecule has 0 bridgehead atoms. The third-order valence-electron chi connectivity index (χ3n) is 4.36. The highest BCUT2D eigenvalue weighted by molar-refractivity contribution is 7.93. The number of nitrogens with one attached hydrogen (secondary N) is 2. The minimum Gasteiger partial charge on any atom is -0.495 e. The van der Waals surface area contributed by atoms with Crippen LogP contribution in [0, 0.1) is 13.8 Å². The van der Waals surface area contributed by atoms with E-state index in [1.54, 1.807) is 24.3 Å². The molecule has 7 nitrogen and oxygen atoms in total. The summed E-state index contributed by atoms with van der Waals surface area (Å²) in [7, 11) is -6.32. The molecule has 0 aliphatic heterocycles. The van der Waals surface area contributed by atoms with Crippen LogP contribution in [0.4, 0.5) is 11.4 Å².